The summed E-state index contributed by atoms with van der Waals surface area (Å²) < 4.78 is 13.3. The molecule has 1 aromatic carbocycles. The molecule has 29 heavy (non-hydrogen) atoms. The van der Waals surface area contributed by atoms with Crippen molar-refractivity contribution in [2.75, 3.05) is 20.1 Å². The van der Waals surface area contributed by atoms with Crippen molar-refractivity contribution in [1.82, 2.24) is 14.9 Å². The minimum Gasteiger partial charge on any atom is -0.397 e. The number of nitrogens with zero attached hydrogens (tertiary/aromatic N) is 4. The van der Waals surface area contributed by atoms with Gasteiger partial charge in [-0.3, -0.25) is 14.8 Å². The van der Waals surface area contributed by atoms with Crippen molar-refractivity contribution in [3.05, 3.63) is 65.9 Å². The molecule has 1 aromatic heterocycles. The molecule has 2 heterocycles. The SMILES string of the molecule is C/C=C/C(=O)N1CCC(c2ncc(-c3ccc(F)cc3)nc2/C(N)=C/C=NC)C1. The molecule has 0 aliphatic carbocycles. The normalized spacial score (nSPS) is 17.6. The Morgan fingerprint density at radius 3 is 2.79 bits per heavy atom. The maximum absolute atomic E-state index is 13.3. The number of allylic oxidation sites excluding steroid dienone is 2. The summed E-state index contributed by atoms with van der Waals surface area (Å²) >= 11 is 0. The smallest absolute Gasteiger partial charge is 0.246 e. The largest absolute Gasteiger partial charge is 0.397 e. The van der Waals surface area contributed by atoms with Crippen molar-refractivity contribution >= 4 is 17.8 Å². The van der Waals surface area contributed by atoms with Crippen LogP contribution in [0.25, 0.3) is 17.0 Å². The van der Waals surface area contributed by atoms with E-state index in [0.717, 1.165) is 17.7 Å². The van der Waals surface area contributed by atoms with Gasteiger partial charge in [0.2, 0.25) is 5.91 Å². The minimum absolute atomic E-state index is 0.00549. The maximum atomic E-state index is 13.3. The predicted octanol–water partition coefficient (Wildman–Crippen LogP) is 3.17. The van der Waals surface area contributed by atoms with Gasteiger partial charge in [-0.05, 0) is 49.8 Å². The number of carbonyl (C=O) groups excluding carboxylic acids is 1. The molecule has 6 nitrogen and oxygen atoms in total. The molecule has 7 heteroatoms. The summed E-state index contributed by atoms with van der Waals surface area (Å²) in [4.78, 5) is 27.3. The topological polar surface area (TPSA) is 84.5 Å². The second-order valence-electron chi connectivity index (χ2n) is 6.80. The first-order chi connectivity index (χ1) is 14.0. The van der Waals surface area contributed by atoms with Gasteiger partial charge in [0.1, 0.15) is 11.5 Å². The van der Waals surface area contributed by atoms with E-state index in [9.17, 15) is 9.18 Å². The number of nitrogens with two attached hydrogens (primary N) is 1. The van der Waals surface area contributed by atoms with Crippen LogP contribution in [0.2, 0.25) is 0 Å². The molecule has 1 aliphatic heterocycles. The maximum Gasteiger partial charge on any atom is 0.246 e. The summed E-state index contributed by atoms with van der Waals surface area (Å²) in [6.45, 7) is 3.05. The van der Waals surface area contributed by atoms with Gasteiger partial charge < -0.3 is 10.6 Å². The van der Waals surface area contributed by atoms with Crippen LogP contribution >= 0.6 is 0 Å². The molecule has 1 aliphatic rings. The molecule has 0 saturated carbocycles. The van der Waals surface area contributed by atoms with E-state index in [-0.39, 0.29) is 17.6 Å². The van der Waals surface area contributed by atoms with E-state index in [1.165, 1.54) is 12.1 Å². The Hall–Kier alpha value is -3.35. The molecule has 1 saturated heterocycles. The van der Waals surface area contributed by atoms with E-state index in [1.807, 2.05) is 6.92 Å². The highest BCUT2D eigenvalue weighted by atomic mass is 19.1. The first kappa shape index (κ1) is 20.4. The monoisotopic (exact) mass is 393 g/mol. The fourth-order valence-electron chi connectivity index (χ4n) is 3.33. The fraction of sp³-hybridized carbons (Fsp3) is 0.273. The summed E-state index contributed by atoms with van der Waals surface area (Å²) in [5.41, 5.74) is 9.40. The minimum atomic E-state index is -0.311. The van der Waals surface area contributed by atoms with E-state index in [2.05, 4.69) is 9.98 Å². The van der Waals surface area contributed by atoms with Gasteiger partial charge in [-0.1, -0.05) is 6.08 Å². The molecule has 2 aromatic rings. The summed E-state index contributed by atoms with van der Waals surface area (Å²) in [6.07, 6.45) is 9.04. The number of hydrogen-bond donors (Lipinski definition) is 1. The van der Waals surface area contributed by atoms with Crippen LogP contribution in [-0.2, 0) is 4.79 Å². The number of likely N-dealkylation sites (tertiary alicyclic amines) is 1. The lowest BCUT2D eigenvalue weighted by molar-refractivity contribution is -0.125. The fourth-order valence-corrected chi connectivity index (χ4v) is 3.33. The second-order valence-corrected chi connectivity index (χ2v) is 6.80. The highest BCUT2D eigenvalue weighted by molar-refractivity contribution is 5.88. The average molecular weight is 393 g/mol. The van der Waals surface area contributed by atoms with Crippen molar-refractivity contribution < 1.29 is 9.18 Å². The van der Waals surface area contributed by atoms with Gasteiger partial charge in [0.05, 0.1) is 23.3 Å². The molecule has 0 spiro atoms. The van der Waals surface area contributed by atoms with Crippen LogP contribution in [0.15, 0.2) is 53.7 Å². The van der Waals surface area contributed by atoms with Crippen LogP contribution in [0.5, 0.6) is 0 Å². The number of benzene rings is 1. The quantitative estimate of drug-likeness (QED) is 0.625. The van der Waals surface area contributed by atoms with Crippen molar-refractivity contribution in [3.63, 3.8) is 0 Å². The molecule has 1 atom stereocenters. The van der Waals surface area contributed by atoms with Crippen LogP contribution in [-0.4, -0.2) is 47.1 Å². The molecule has 3 rings (SSSR count). The third-order valence-corrected chi connectivity index (χ3v) is 4.81. The standard InChI is InChI=1S/C22H24FN5O/c1-3-4-20(29)28-12-10-16(14-28)21-22(18(24)9-11-25-2)27-19(13-26-21)15-5-7-17(23)8-6-15/h3-9,11,13,16H,10,12,14,24H2,1-2H3/b4-3+,18-9-,25-11?. The summed E-state index contributed by atoms with van der Waals surface area (Å²) in [5, 5.41) is 0. The van der Waals surface area contributed by atoms with Gasteiger partial charge in [-0.15, -0.1) is 0 Å². The Labute approximate surface area is 169 Å². The number of aliphatic imine (C=N–C) groups is 1. The summed E-state index contributed by atoms with van der Waals surface area (Å²) in [6, 6.07) is 6.08. The second kappa shape index (κ2) is 9.23. The zero-order chi connectivity index (χ0) is 20.8. The van der Waals surface area contributed by atoms with Gasteiger partial charge in [-0.25, -0.2) is 9.37 Å². The Bertz CT molecular complexity index is 966. The van der Waals surface area contributed by atoms with Gasteiger partial charge >= 0.3 is 0 Å². The Kier molecular flexibility index (Phi) is 6.49. The van der Waals surface area contributed by atoms with Crippen LogP contribution in [0.3, 0.4) is 0 Å². The zero-order valence-electron chi connectivity index (χ0n) is 16.5. The van der Waals surface area contributed by atoms with Gasteiger partial charge in [-0.2, -0.15) is 0 Å². The summed E-state index contributed by atoms with van der Waals surface area (Å²) in [5.74, 6) is -0.275. The van der Waals surface area contributed by atoms with E-state index in [1.54, 1.807) is 54.7 Å². The molecular formula is C22H24FN5O. The van der Waals surface area contributed by atoms with Gasteiger partial charge in [0, 0.05) is 37.8 Å². The number of aromatic nitrogens is 2. The Balaban J connectivity index is 1.98. The number of rotatable bonds is 5. The molecule has 2 N–H and O–H groups in total. The summed E-state index contributed by atoms with van der Waals surface area (Å²) in [7, 11) is 1.66. The van der Waals surface area contributed by atoms with Crippen LogP contribution < -0.4 is 5.73 Å². The number of halogens is 1. The first-order valence-electron chi connectivity index (χ1n) is 9.46. The van der Waals surface area contributed by atoms with Crippen LogP contribution in [0, 0.1) is 5.82 Å². The lowest BCUT2D eigenvalue weighted by atomic mass is 10.00. The lowest BCUT2D eigenvalue weighted by Gasteiger charge is -2.17. The van der Waals surface area contributed by atoms with Crippen LogP contribution in [0.1, 0.15) is 30.7 Å². The molecule has 150 valence electrons. The third kappa shape index (κ3) is 4.74. The molecule has 1 unspecified atom stereocenters. The van der Waals surface area contributed by atoms with Crippen molar-refractivity contribution in [2.24, 2.45) is 10.7 Å². The Morgan fingerprint density at radius 2 is 2.10 bits per heavy atom. The first-order valence-corrected chi connectivity index (χ1v) is 9.46. The van der Waals surface area contributed by atoms with Gasteiger partial charge in [0.25, 0.3) is 0 Å². The molecular weight excluding hydrogens is 369 g/mol. The van der Waals surface area contributed by atoms with Crippen molar-refractivity contribution in [3.8, 4) is 11.3 Å². The van der Waals surface area contributed by atoms with E-state index >= 15 is 0 Å². The molecule has 1 fully saturated rings. The zero-order valence-corrected chi connectivity index (χ0v) is 16.5. The van der Waals surface area contributed by atoms with E-state index in [0.29, 0.717) is 30.2 Å². The number of carbonyl (C=O) groups is 1. The van der Waals surface area contributed by atoms with Crippen LogP contribution in [0.4, 0.5) is 4.39 Å². The third-order valence-electron chi connectivity index (χ3n) is 4.81. The average Bonchev–Trinajstić information content (AvgIpc) is 3.22. The predicted molar refractivity (Wildman–Crippen MR) is 113 cm³/mol. The molecule has 1 amide bonds. The van der Waals surface area contributed by atoms with E-state index < -0.39 is 0 Å². The Morgan fingerprint density at radius 1 is 1.34 bits per heavy atom. The molecule has 0 radical (unpaired) electrons. The lowest BCUT2D eigenvalue weighted by Crippen LogP contribution is -2.26. The molecule has 0 bridgehead atoms. The number of hydrogen-bond acceptors (Lipinski definition) is 5. The van der Waals surface area contributed by atoms with Crippen molar-refractivity contribution in [1.29, 1.82) is 0 Å². The van der Waals surface area contributed by atoms with Gasteiger partial charge in [0.15, 0.2) is 0 Å². The van der Waals surface area contributed by atoms with E-state index in [4.69, 9.17) is 10.7 Å². The number of amides is 1. The highest BCUT2D eigenvalue weighted by Crippen LogP contribution is 2.31. The highest BCUT2D eigenvalue weighted by Gasteiger charge is 2.30. The van der Waals surface area contributed by atoms with Crippen molar-refractivity contribution in [2.45, 2.75) is 19.3 Å².